The van der Waals surface area contributed by atoms with Crippen LogP contribution in [-0.2, 0) is 17.6 Å². The minimum atomic E-state index is -1.04. The maximum absolute atomic E-state index is 11.9. The van der Waals surface area contributed by atoms with Crippen molar-refractivity contribution in [3.05, 3.63) is 93.6 Å². The van der Waals surface area contributed by atoms with Crippen LogP contribution in [0.25, 0.3) is 0 Å². The van der Waals surface area contributed by atoms with E-state index >= 15 is 0 Å². The predicted octanol–water partition coefficient (Wildman–Crippen LogP) is 5.80. The Morgan fingerprint density at radius 3 is 1.68 bits per heavy atom. The zero-order valence-electron chi connectivity index (χ0n) is 27.7. The molecule has 2 aromatic heterocycles. The molecule has 12 nitrogen and oxygen atoms in total. The van der Waals surface area contributed by atoms with Crippen LogP contribution in [0.2, 0.25) is 0 Å². The van der Waals surface area contributed by atoms with Crippen LogP contribution in [0, 0.1) is 27.7 Å². The Hall–Kier alpha value is -5.26. The second-order valence-corrected chi connectivity index (χ2v) is 10.6. The predicted molar refractivity (Wildman–Crippen MR) is 175 cm³/mol. The topological polar surface area (TPSA) is 163 Å². The molecular formula is C35H42N4O8. The van der Waals surface area contributed by atoms with Gasteiger partial charge in [0.15, 0.2) is 0 Å². The van der Waals surface area contributed by atoms with Crippen LogP contribution >= 0.6 is 0 Å². The maximum Gasteiger partial charge on any atom is 0.341 e. The van der Waals surface area contributed by atoms with Crippen molar-refractivity contribution in [1.82, 2.24) is 19.9 Å². The van der Waals surface area contributed by atoms with Crippen molar-refractivity contribution in [3.63, 3.8) is 0 Å². The van der Waals surface area contributed by atoms with Crippen molar-refractivity contribution in [2.75, 3.05) is 26.9 Å². The smallest absolute Gasteiger partial charge is 0.341 e. The molecule has 0 aliphatic rings. The number of carboxylic acid groups (broad SMARTS) is 1. The Kier molecular flexibility index (Phi) is 13.9. The van der Waals surface area contributed by atoms with Crippen LogP contribution in [0.15, 0.2) is 48.5 Å². The summed E-state index contributed by atoms with van der Waals surface area (Å²) < 4.78 is 21.4. The van der Waals surface area contributed by atoms with E-state index in [0.29, 0.717) is 48.2 Å². The number of carboxylic acids is 1. The quantitative estimate of drug-likeness (QED) is 0.125. The number of carbonyl (C=O) groups is 2. The van der Waals surface area contributed by atoms with Gasteiger partial charge in [-0.15, -0.1) is 0 Å². The number of ether oxygens (including phenoxy) is 4. The van der Waals surface area contributed by atoms with Gasteiger partial charge in [0.25, 0.3) is 0 Å². The van der Waals surface area contributed by atoms with Gasteiger partial charge in [-0.05, 0) is 95.7 Å². The van der Waals surface area contributed by atoms with Gasteiger partial charge in [-0.3, -0.25) is 0 Å². The van der Waals surface area contributed by atoms with Gasteiger partial charge in [0.1, 0.15) is 22.6 Å². The minimum absolute atomic E-state index is 0.118. The van der Waals surface area contributed by atoms with Crippen molar-refractivity contribution < 1.29 is 38.7 Å². The van der Waals surface area contributed by atoms with E-state index < -0.39 is 11.9 Å². The van der Waals surface area contributed by atoms with E-state index in [1.807, 2.05) is 24.3 Å². The van der Waals surface area contributed by atoms with Gasteiger partial charge in [-0.2, -0.15) is 19.9 Å². The van der Waals surface area contributed by atoms with E-state index in [1.165, 1.54) is 5.56 Å². The number of hydrogen-bond donors (Lipinski definition) is 2. The molecule has 0 radical (unpaired) electrons. The molecule has 4 rings (SSSR count). The van der Waals surface area contributed by atoms with Gasteiger partial charge in [-0.25, -0.2) is 9.59 Å². The van der Waals surface area contributed by atoms with E-state index in [2.05, 4.69) is 26.0 Å². The fraction of sp³-hybridized carbons (Fsp3) is 0.371. The summed E-state index contributed by atoms with van der Waals surface area (Å²) in [6.07, 6.45) is 3.20. The highest BCUT2D eigenvalue weighted by Crippen LogP contribution is 2.18. The zero-order valence-corrected chi connectivity index (χ0v) is 27.7. The molecule has 0 atom stereocenters. The van der Waals surface area contributed by atoms with Crippen LogP contribution in [0.1, 0.15) is 74.4 Å². The lowest BCUT2D eigenvalue weighted by Crippen LogP contribution is -2.13. The second kappa shape index (κ2) is 18.0. The van der Waals surface area contributed by atoms with E-state index in [0.717, 1.165) is 37.0 Å². The summed E-state index contributed by atoms with van der Waals surface area (Å²) in [5, 5.41) is 18.4. The Bertz CT molecular complexity index is 1610. The zero-order chi connectivity index (χ0) is 34.3. The highest BCUT2D eigenvalue weighted by Gasteiger charge is 2.18. The second-order valence-electron chi connectivity index (χ2n) is 10.6. The number of aromatic nitrogens is 4. The molecule has 0 bridgehead atoms. The Morgan fingerprint density at radius 1 is 0.723 bits per heavy atom. The van der Waals surface area contributed by atoms with E-state index in [-0.39, 0.29) is 23.3 Å². The molecule has 12 heteroatoms. The maximum atomic E-state index is 11.9. The third-order valence-corrected chi connectivity index (χ3v) is 6.92. The van der Waals surface area contributed by atoms with Gasteiger partial charge in [-0.1, -0.05) is 24.3 Å². The van der Waals surface area contributed by atoms with E-state index in [9.17, 15) is 14.7 Å². The summed E-state index contributed by atoms with van der Waals surface area (Å²) >= 11 is 0. The largest absolute Gasteiger partial charge is 0.508 e. The minimum Gasteiger partial charge on any atom is -0.508 e. The molecule has 0 spiro atoms. The lowest BCUT2D eigenvalue weighted by Gasteiger charge is -2.10. The molecule has 0 saturated carbocycles. The van der Waals surface area contributed by atoms with Crippen molar-refractivity contribution in [2.45, 2.75) is 60.3 Å². The highest BCUT2D eigenvalue weighted by atomic mass is 16.5. The van der Waals surface area contributed by atoms with Crippen LogP contribution in [0.5, 0.6) is 23.5 Å². The van der Waals surface area contributed by atoms with Gasteiger partial charge < -0.3 is 29.2 Å². The number of nitrogens with zero attached hydrogens (tertiary/aromatic N) is 4. The molecule has 2 heterocycles. The Balaban J connectivity index is 0.000000257. The van der Waals surface area contributed by atoms with E-state index in [4.69, 9.17) is 24.1 Å². The van der Waals surface area contributed by atoms with Gasteiger partial charge in [0, 0.05) is 0 Å². The number of aromatic carboxylic acids is 1. The van der Waals surface area contributed by atoms with Gasteiger partial charge in [0.2, 0.25) is 0 Å². The monoisotopic (exact) mass is 646 g/mol. The first-order valence-electron chi connectivity index (χ1n) is 15.3. The molecule has 4 aromatic rings. The van der Waals surface area contributed by atoms with Crippen LogP contribution < -0.4 is 14.2 Å². The third kappa shape index (κ3) is 11.2. The van der Waals surface area contributed by atoms with Gasteiger partial charge >= 0.3 is 24.0 Å². The highest BCUT2D eigenvalue weighted by molar-refractivity contribution is 5.91. The molecule has 0 amide bonds. The summed E-state index contributed by atoms with van der Waals surface area (Å²) in [5.41, 5.74) is 4.65. The van der Waals surface area contributed by atoms with Crippen LogP contribution in [0.4, 0.5) is 0 Å². The first-order chi connectivity index (χ1) is 22.5. The Labute approximate surface area is 274 Å². The molecule has 0 saturated heterocycles. The number of aryl methyl sites for hydroxylation is 6. The first-order valence-corrected chi connectivity index (χ1v) is 15.3. The molecule has 2 N–H and O–H groups in total. The summed E-state index contributed by atoms with van der Waals surface area (Å²) in [6.45, 7) is 9.75. The number of rotatable bonds is 14. The number of carbonyl (C=O) groups excluding carboxylic acids is 1. The number of benzene rings is 2. The van der Waals surface area contributed by atoms with Crippen LogP contribution in [-0.4, -0.2) is 69.0 Å². The van der Waals surface area contributed by atoms with Crippen molar-refractivity contribution in [3.8, 4) is 23.5 Å². The molecular weight excluding hydrogens is 604 g/mol. The standard InChI is InChI=1S/C19H24N2O4.C16H18N2O4/c1-5-24-18(22)17-13(2)20-19(21-14(17)3)25-11-7-9-15-8-6-10-16(12-15)23-4;1-10-14(15(20)21)11(2)18-16(17-10)22-8-4-6-12-5-3-7-13(19)9-12/h6,8,10,12H,5,7,9,11H2,1-4H3;3,5,7,9,19H,4,6,8H2,1-2H3,(H,20,21). The number of methoxy groups -OCH3 is 1. The average Bonchev–Trinajstić information content (AvgIpc) is 3.01. The summed E-state index contributed by atoms with van der Waals surface area (Å²) in [6, 6.07) is 15.5. The number of aromatic hydroxyl groups is 1. The lowest BCUT2D eigenvalue weighted by atomic mass is 10.1. The average molecular weight is 647 g/mol. The summed E-state index contributed by atoms with van der Waals surface area (Å²) in [5.74, 6) is -0.340. The normalized spacial score (nSPS) is 10.4. The summed E-state index contributed by atoms with van der Waals surface area (Å²) in [7, 11) is 1.66. The van der Waals surface area contributed by atoms with Crippen molar-refractivity contribution in [1.29, 1.82) is 0 Å². The molecule has 47 heavy (non-hydrogen) atoms. The SMILES string of the molecule is CCOC(=O)c1c(C)nc(OCCCc2cccc(OC)c2)nc1C.Cc1nc(OCCCc2cccc(O)c2)nc(C)c1C(=O)O. The van der Waals surface area contributed by atoms with Crippen molar-refractivity contribution in [2.24, 2.45) is 0 Å². The first kappa shape index (κ1) is 36.2. The van der Waals surface area contributed by atoms with Crippen molar-refractivity contribution >= 4 is 11.9 Å². The molecule has 0 aliphatic heterocycles. The number of esters is 1. The van der Waals surface area contributed by atoms with Gasteiger partial charge in [0.05, 0.1) is 49.7 Å². The fourth-order valence-corrected chi connectivity index (χ4v) is 4.73. The molecule has 0 fully saturated rings. The number of phenols is 1. The lowest BCUT2D eigenvalue weighted by molar-refractivity contribution is 0.0522. The number of phenolic OH excluding ortho intramolecular Hbond substituents is 1. The fourth-order valence-electron chi connectivity index (χ4n) is 4.73. The molecule has 0 aliphatic carbocycles. The summed E-state index contributed by atoms with van der Waals surface area (Å²) in [4.78, 5) is 39.6. The van der Waals surface area contributed by atoms with E-state index in [1.54, 1.807) is 59.9 Å². The molecule has 0 unspecified atom stereocenters. The third-order valence-electron chi connectivity index (χ3n) is 6.92. The van der Waals surface area contributed by atoms with Crippen LogP contribution in [0.3, 0.4) is 0 Å². The molecule has 250 valence electrons. The molecule has 2 aromatic carbocycles. The Morgan fingerprint density at radius 2 is 1.21 bits per heavy atom. The number of hydrogen-bond acceptors (Lipinski definition) is 11.